The summed E-state index contributed by atoms with van der Waals surface area (Å²) in [5.41, 5.74) is 2.91. The van der Waals surface area contributed by atoms with Crippen molar-refractivity contribution in [1.29, 1.82) is 0 Å². The lowest BCUT2D eigenvalue weighted by Crippen LogP contribution is -2.33. The summed E-state index contributed by atoms with van der Waals surface area (Å²) in [7, 11) is 1.61. The lowest BCUT2D eigenvalue weighted by Gasteiger charge is -2.34. The fourth-order valence-electron chi connectivity index (χ4n) is 6.28. The minimum absolute atomic E-state index is 0.144. The number of rotatable bonds is 10. The highest BCUT2D eigenvalue weighted by atomic mass is 35.5. The van der Waals surface area contributed by atoms with Gasteiger partial charge < -0.3 is 19.7 Å². The smallest absolute Gasteiger partial charge is 0.493 e. The van der Waals surface area contributed by atoms with Gasteiger partial charge in [0.15, 0.2) is 11.5 Å². The molecule has 228 valence electrons. The van der Waals surface area contributed by atoms with E-state index < -0.39 is 6.16 Å². The third-order valence-corrected chi connectivity index (χ3v) is 8.55. The first kappa shape index (κ1) is 31.6. The average molecular weight is 605 g/mol. The summed E-state index contributed by atoms with van der Waals surface area (Å²) < 4.78 is 26.3. The number of nitrogens with zero attached hydrogens (tertiary/aromatic N) is 2. The molecule has 0 spiro atoms. The van der Waals surface area contributed by atoms with Crippen molar-refractivity contribution in [2.24, 2.45) is 5.92 Å². The van der Waals surface area contributed by atoms with Crippen LogP contribution < -0.4 is 9.47 Å². The molecule has 2 aromatic carbocycles. The normalized spacial score (nSPS) is 18.6. The second kappa shape index (κ2) is 14.7. The second-order valence-corrected chi connectivity index (χ2v) is 11.4. The van der Waals surface area contributed by atoms with Crippen LogP contribution in [-0.4, -0.2) is 64.8 Å². The van der Waals surface area contributed by atoms with Crippen molar-refractivity contribution >= 4 is 29.6 Å². The number of amides is 2. The molecule has 1 saturated heterocycles. The number of carbonyl (C=O) groups excluding carboxylic acids is 2. The Morgan fingerprint density at radius 1 is 1.02 bits per heavy atom. The van der Waals surface area contributed by atoms with Gasteiger partial charge in [0.1, 0.15) is 12.4 Å². The number of hydrogen-bond acceptors (Lipinski definition) is 6. The fourth-order valence-corrected chi connectivity index (χ4v) is 6.45. The zero-order valence-corrected chi connectivity index (χ0v) is 24.6. The van der Waals surface area contributed by atoms with E-state index in [0.29, 0.717) is 23.8 Å². The van der Waals surface area contributed by atoms with Crippen LogP contribution in [0.2, 0.25) is 5.02 Å². The van der Waals surface area contributed by atoms with E-state index in [0.717, 1.165) is 36.2 Å². The molecule has 2 N–H and O–H groups in total. The molecule has 2 aliphatic carbocycles. The van der Waals surface area contributed by atoms with E-state index in [-0.39, 0.29) is 54.7 Å². The van der Waals surface area contributed by atoms with Gasteiger partial charge in [0.2, 0.25) is 11.8 Å². The van der Waals surface area contributed by atoms with Crippen LogP contribution >= 0.6 is 11.6 Å². The third kappa shape index (κ3) is 7.92. The quantitative estimate of drug-likeness (QED) is 0.303. The van der Waals surface area contributed by atoms with E-state index in [4.69, 9.17) is 36.1 Å². The molecule has 0 unspecified atom stereocenters. The van der Waals surface area contributed by atoms with Crippen LogP contribution in [0.4, 0.5) is 9.18 Å². The number of carbonyl (C=O) groups is 3. The maximum Gasteiger partial charge on any atom is 0.503 e. The number of likely N-dealkylation sites (tertiary alicyclic amines) is 1. The van der Waals surface area contributed by atoms with E-state index in [1.165, 1.54) is 37.0 Å². The molecular weight excluding hydrogens is 567 g/mol. The van der Waals surface area contributed by atoms with E-state index in [2.05, 4.69) is 4.90 Å². The minimum atomic E-state index is -1.83. The van der Waals surface area contributed by atoms with Crippen LogP contribution in [0.1, 0.15) is 74.1 Å². The standard InChI is InChI=1S/C30H36ClFN2O4.CH2O3/c1-37-27-17-21(7-12-26(27)38-16-15-34-28(35)13-14-29(34)36)19-33(18-20-5-3-2-4-6-20)25-11-9-23-22(25)8-10-24(31)30(23)32;2-1(3)4/h7-8,10,12,17,20,25H,2-6,9,11,13-16,18-19H2,1H3;(H2,2,3,4)/t25-;/m0./s1. The average Bonchev–Trinajstić information content (AvgIpc) is 3.54. The van der Waals surface area contributed by atoms with Crippen LogP contribution in [-0.2, 0) is 22.6 Å². The van der Waals surface area contributed by atoms with Gasteiger partial charge >= 0.3 is 6.16 Å². The summed E-state index contributed by atoms with van der Waals surface area (Å²) in [6.45, 7) is 2.15. The predicted octanol–water partition coefficient (Wildman–Crippen LogP) is 6.31. The Hall–Kier alpha value is -3.37. The number of ether oxygens (including phenoxy) is 2. The van der Waals surface area contributed by atoms with Crippen molar-refractivity contribution in [3.63, 3.8) is 0 Å². The molecule has 5 rings (SSSR count). The Bertz CT molecular complexity index is 1260. The molecule has 2 amide bonds. The van der Waals surface area contributed by atoms with Gasteiger partial charge in [0, 0.05) is 32.0 Å². The number of benzene rings is 2. The Labute approximate surface area is 250 Å². The van der Waals surface area contributed by atoms with Crippen LogP contribution in [0.5, 0.6) is 11.5 Å². The number of carboxylic acid groups (broad SMARTS) is 2. The lowest BCUT2D eigenvalue weighted by atomic mass is 9.88. The van der Waals surface area contributed by atoms with Gasteiger partial charge in [0.05, 0.1) is 18.7 Å². The molecule has 0 aromatic heterocycles. The fraction of sp³-hybridized carbons (Fsp3) is 0.516. The van der Waals surface area contributed by atoms with E-state index in [9.17, 15) is 14.0 Å². The number of fused-ring (bicyclic) bond motifs is 1. The highest BCUT2D eigenvalue weighted by Crippen LogP contribution is 2.41. The van der Waals surface area contributed by atoms with Crippen LogP contribution in [0.25, 0.3) is 0 Å². The minimum Gasteiger partial charge on any atom is -0.493 e. The summed E-state index contributed by atoms with van der Waals surface area (Å²) in [6.07, 6.45) is 6.64. The van der Waals surface area contributed by atoms with Crippen molar-refractivity contribution in [1.82, 2.24) is 9.80 Å². The Balaban J connectivity index is 0.000000952. The summed E-state index contributed by atoms with van der Waals surface area (Å²) in [4.78, 5) is 36.0. The Morgan fingerprint density at radius 2 is 1.71 bits per heavy atom. The van der Waals surface area contributed by atoms with Gasteiger partial charge in [0.25, 0.3) is 0 Å². The molecule has 0 bridgehead atoms. The predicted molar refractivity (Wildman–Crippen MR) is 155 cm³/mol. The van der Waals surface area contributed by atoms with Crippen molar-refractivity contribution in [2.75, 3.05) is 26.8 Å². The van der Waals surface area contributed by atoms with Gasteiger partial charge in [-0.15, -0.1) is 0 Å². The first-order valence-electron chi connectivity index (χ1n) is 14.4. The van der Waals surface area contributed by atoms with Crippen molar-refractivity contribution in [3.05, 3.63) is 57.9 Å². The van der Waals surface area contributed by atoms with Gasteiger partial charge in [-0.2, -0.15) is 0 Å². The molecule has 1 atom stereocenters. The number of imide groups is 1. The highest BCUT2D eigenvalue weighted by Gasteiger charge is 2.33. The molecule has 1 aliphatic heterocycles. The highest BCUT2D eigenvalue weighted by molar-refractivity contribution is 6.30. The Kier molecular flexibility index (Phi) is 11.0. The summed E-state index contributed by atoms with van der Waals surface area (Å²) in [6, 6.07) is 9.76. The molecule has 3 aliphatic rings. The van der Waals surface area contributed by atoms with Gasteiger partial charge in [-0.25, -0.2) is 9.18 Å². The first-order chi connectivity index (χ1) is 20.2. The number of methoxy groups -OCH3 is 1. The van der Waals surface area contributed by atoms with Crippen LogP contribution in [0.3, 0.4) is 0 Å². The van der Waals surface area contributed by atoms with E-state index >= 15 is 0 Å². The first-order valence-corrected chi connectivity index (χ1v) is 14.8. The summed E-state index contributed by atoms with van der Waals surface area (Å²) in [5.74, 6) is 1.28. The molecular formula is C31H38ClFN2O7. The molecule has 1 heterocycles. The Morgan fingerprint density at radius 3 is 2.38 bits per heavy atom. The maximum absolute atomic E-state index is 14.8. The monoisotopic (exact) mass is 604 g/mol. The summed E-state index contributed by atoms with van der Waals surface area (Å²) >= 11 is 6.09. The number of hydrogen-bond donors (Lipinski definition) is 2. The zero-order chi connectivity index (χ0) is 30.2. The lowest BCUT2D eigenvalue weighted by molar-refractivity contribution is -0.138. The topological polar surface area (TPSA) is 117 Å². The molecule has 42 heavy (non-hydrogen) atoms. The van der Waals surface area contributed by atoms with Gasteiger partial charge in [-0.05, 0) is 66.5 Å². The van der Waals surface area contributed by atoms with Gasteiger partial charge in [-0.1, -0.05) is 43.0 Å². The summed E-state index contributed by atoms with van der Waals surface area (Å²) in [5, 5.41) is 14.1. The van der Waals surface area contributed by atoms with E-state index in [1.54, 1.807) is 13.2 Å². The molecule has 1 saturated carbocycles. The largest absolute Gasteiger partial charge is 0.503 e. The van der Waals surface area contributed by atoms with Crippen LogP contribution in [0, 0.1) is 11.7 Å². The zero-order valence-electron chi connectivity index (χ0n) is 23.8. The van der Waals surface area contributed by atoms with Crippen molar-refractivity contribution in [2.45, 2.75) is 70.4 Å². The van der Waals surface area contributed by atoms with Crippen molar-refractivity contribution in [3.8, 4) is 11.5 Å². The van der Waals surface area contributed by atoms with Crippen LogP contribution in [0.15, 0.2) is 30.3 Å². The molecule has 9 nitrogen and oxygen atoms in total. The van der Waals surface area contributed by atoms with Gasteiger partial charge in [-0.3, -0.25) is 19.4 Å². The number of halogens is 2. The molecule has 0 radical (unpaired) electrons. The van der Waals surface area contributed by atoms with E-state index in [1.807, 2.05) is 24.3 Å². The molecule has 2 aromatic rings. The molecule has 11 heteroatoms. The second-order valence-electron chi connectivity index (χ2n) is 11.0. The maximum atomic E-state index is 14.8. The molecule has 2 fully saturated rings. The third-order valence-electron chi connectivity index (χ3n) is 8.26. The van der Waals surface area contributed by atoms with Crippen molar-refractivity contribution < 1.29 is 38.5 Å². The SMILES string of the molecule is COc1cc(CN(CC2CCCCC2)[C@H]2CCc3c2ccc(Cl)c3F)ccc1OCCN1C(=O)CCC1=O.O=C(O)O.